The van der Waals surface area contributed by atoms with Gasteiger partial charge in [-0.05, 0) is 50.4 Å². The van der Waals surface area contributed by atoms with E-state index in [1.807, 2.05) is 31.7 Å². The van der Waals surface area contributed by atoms with E-state index in [0.717, 1.165) is 25.8 Å². The Morgan fingerprint density at radius 3 is 2.61 bits per heavy atom. The van der Waals surface area contributed by atoms with E-state index < -0.39 is 0 Å². The molecule has 2 N–H and O–H groups in total. The quantitative estimate of drug-likeness (QED) is 0.758. The van der Waals surface area contributed by atoms with Gasteiger partial charge in [0.15, 0.2) is 0 Å². The minimum absolute atomic E-state index is 0.538. The first-order valence-electron chi connectivity index (χ1n) is 8.45. The van der Waals surface area contributed by atoms with Gasteiger partial charge in [-0.25, -0.2) is 0 Å². The van der Waals surface area contributed by atoms with E-state index >= 15 is 0 Å². The lowest BCUT2D eigenvalue weighted by molar-refractivity contribution is 0.399. The molecule has 1 heterocycles. The Balaban J connectivity index is 0.00000112. The number of hydrogen-bond acceptors (Lipinski definition) is 4. The van der Waals surface area contributed by atoms with Crippen molar-refractivity contribution in [2.75, 3.05) is 20.8 Å². The lowest BCUT2D eigenvalue weighted by Gasteiger charge is -2.16. The summed E-state index contributed by atoms with van der Waals surface area (Å²) in [7, 11) is 2.72. The zero-order valence-electron chi connectivity index (χ0n) is 15.5. The first-order valence-corrected chi connectivity index (χ1v) is 9.27. The van der Waals surface area contributed by atoms with Gasteiger partial charge in [0.05, 0.1) is 7.11 Å². The smallest absolute Gasteiger partial charge is 0.120 e. The van der Waals surface area contributed by atoms with Gasteiger partial charge in [-0.15, -0.1) is 0 Å². The summed E-state index contributed by atoms with van der Waals surface area (Å²) in [5.74, 6) is 0.934. The van der Waals surface area contributed by atoms with Crippen molar-refractivity contribution in [3.8, 4) is 5.75 Å². The van der Waals surface area contributed by atoms with Gasteiger partial charge in [-0.2, -0.15) is 0 Å². The number of methoxy groups -OCH3 is 1. The van der Waals surface area contributed by atoms with Gasteiger partial charge in [0.25, 0.3) is 0 Å². The van der Waals surface area contributed by atoms with Gasteiger partial charge in [0, 0.05) is 23.0 Å². The van der Waals surface area contributed by atoms with Crippen molar-refractivity contribution < 1.29 is 9.84 Å². The molecule has 1 atom stereocenters. The summed E-state index contributed by atoms with van der Waals surface area (Å²) in [4.78, 5) is 2.75. The monoisotopic (exact) mass is 339 g/mol. The van der Waals surface area contributed by atoms with E-state index in [4.69, 9.17) is 9.84 Å². The van der Waals surface area contributed by atoms with Gasteiger partial charge in [-0.3, -0.25) is 0 Å². The van der Waals surface area contributed by atoms with Gasteiger partial charge >= 0.3 is 0 Å². The number of ether oxygens (including phenoxy) is 1. The van der Waals surface area contributed by atoms with Crippen LogP contribution in [0.3, 0.4) is 0 Å². The molecule has 1 aromatic rings. The summed E-state index contributed by atoms with van der Waals surface area (Å²) in [5.41, 5.74) is 1.31. The van der Waals surface area contributed by atoms with Gasteiger partial charge in [0.2, 0.25) is 0 Å². The van der Waals surface area contributed by atoms with Crippen LogP contribution in [0.25, 0.3) is 0 Å². The average Bonchev–Trinajstić information content (AvgIpc) is 3.14. The maximum Gasteiger partial charge on any atom is 0.120 e. The third kappa shape index (κ3) is 7.42. The maximum absolute atomic E-state index is 7.00. The van der Waals surface area contributed by atoms with Crippen LogP contribution in [0.15, 0.2) is 34.1 Å². The molecule has 1 aliphatic heterocycles. The minimum atomic E-state index is 0.538. The van der Waals surface area contributed by atoms with Crippen molar-refractivity contribution in [3.63, 3.8) is 0 Å². The van der Waals surface area contributed by atoms with Crippen LogP contribution in [0.2, 0.25) is 0 Å². The molecule has 1 fully saturated rings. The summed E-state index contributed by atoms with van der Waals surface area (Å²) >= 11 is 1.89. The molecule has 0 radical (unpaired) electrons. The second-order valence-electron chi connectivity index (χ2n) is 4.90. The topological polar surface area (TPSA) is 41.5 Å². The molecule has 23 heavy (non-hydrogen) atoms. The molecule has 1 saturated heterocycles. The molecule has 1 aliphatic rings. The van der Waals surface area contributed by atoms with E-state index in [-0.39, 0.29) is 0 Å². The molecule has 0 aliphatic carbocycles. The fraction of sp³-hybridized carbons (Fsp3) is 0.579. The van der Waals surface area contributed by atoms with E-state index in [1.165, 1.54) is 28.2 Å². The zero-order valence-corrected chi connectivity index (χ0v) is 16.3. The van der Waals surface area contributed by atoms with Crippen LogP contribution >= 0.6 is 11.8 Å². The van der Waals surface area contributed by atoms with Crippen molar-refractivity contribution in [2.45, 2.75) is 57.9 Å². The summed E-state index contributed by atoms with van der Waals surface area (Å²) in [6.07, 6.45) is 5.97. The van der Waals surface area contributed by atoms with Crippen LogP contribution in [0, 0.1) is 6.92 Å². The number of aliphatic hydroxyl groups is 1. The number of nitrogens with one attached hydrogen (secondary N) is 1. The van der Waals surface area contributed by atoms with Crippen LogP contribution in [0.4, 0.5) is 0 Å². The summed E-state index contributed by atoms with van der Waals surface area (Å²) in [6.45, 7) is 9.50. The number of aryl methyl sites for hydroxylation is 1. The van der Waals surface area contributed by atoms with Crippen LogP contribution in [0.1, 0.15) is 45.6 Å². The molecule has 0 bridgehead atoms. The van der Waals surface area contributed by atoms with Crippen LogP contribution in [-0.2, 0) is 0 Å². The molecule has 0 amide bonds. The van der Waals surface area contributed by atoms with E-state index in [1.54, 1.807) is 7.11 Å². The molecule has 132 valence electrons. The minimum Gasteiger partial charge on any atom is -0.497 e. The first kappa shape index (κ1) is 22.0. The van der Waals surface area contributed by atoms with Crippen molar-refractivity contribution >= 4 is 11.8 Å². The van der Waals surface area contributed by atoms with Crippen molar-refractivity contribution in [1.29, 1.82) is 0 Å². The Labute approximate surface area is 146 Å². The Bertz CT molecular complexity index is 455. The van der Waals surface area contributed by atoms with E-state index in [2.05, 4.69) is 37.4 Å². The van der Waals surface area contributed by atoms with Crippen molar-refractivity contribution in [3.05, 3.63) is 34.7 Å². The number of thioether (sulfide) groups is 1. The first-order chi connectivity index (χ1) is 11.2. The summed E-state index contributed by atoms with van der Waals surface area (Å²) in [6, 6.07) is 6.83. The van der Waals surface area contributed by atoms with Crippen LogP contribution in [0.5, 0.6) is 5.75 Å². The maximum atomic E-state index is 7.00. The highest BCUT2D eigenvalue weighted by atomic mass is 32.2. The standard InChI is InChI=1S/C16H23NOS.C2H6.CH4O/c1-4-6-15(14-7-5-10-17-14)19-16-11-13(18-3)9-8-12(16)2;2*1-2/h6,8-9,11,14,17H,4-5,7,10H2,1-3H3;1-2H3;2H,1H3/b15-6+;;. The van der Waals surface area contributed by atoms with Gasteiger partial charge in [0.1, 0.15) is 5.75 Å². The molecular weight excluding hydrogens is 306 g/mol. The SMILES string of the molecule is CC.CC/C=C(/Sc1cc(OC)ccc1C)C1CCCN1.CO. The number of hydrogen-bond donors (Lipinski definition) is 2. The molecule has 4 heteroatoms. The fourth-order valence-electron chi connectivity index (χ4n) is 2.33. The van der Waals surface area contributed by atoms with Gasteiger partial charge in [-0.1, -0.05) is 44.7 Å². The lowest BCUT2D eigenvalue weighted by atomic mass is 10.2. The summed E-state index contributed by atoms with van der Waals surface area (Å²) in [5, 5.41) is 10.6. The number of rotatable bonds is 5. The zero-order chi connectivity index (χ0) is 17.7. The molecule has 0 spiro atoms. The van der Waals surface area contributed by atoms with E-state index in [0.29, 0.717) is 6.04 Å². The Morgan fingerprint density at radius 2 is 2.09 bits per heavy atom. The van der Waals surface area contributed by atoms with Crippen molar-refractivity contribution in [1.82, 2.24) is 5.32 Å². The highest BCUT2D eigenvalue weighted by Gasteiger charge is 2.19. The Kier molecular flexibility index (Phi) is 12.9. The predicted octanol–water partition coefficient (Wildman–Crippen LogP) is 4.78. The molecule has 1 aromatic carbocycles. The molecule has 0 aromatic heterocycles. The largest absolute Gasteiger partial charge is 0.497 e. The molecule has 2 rings (SSSR count). The molecular formula is C19H33NO2S. The highest BCUT2D eigenvalue weighted by Crippen LogP contribution is 2.36. The average molecular weight is 340 g/mol. The van der Waals surface area contributed by atoms with Crippen LogP contribution < -0.4 is 10.1 Å². The third-order valence-electron chi connectivity index (χ3n) is 3.43. The highest BCUT2D eigenvalue weighted by molar-refractivity contribution is 8.03. The van der Waals surface area contributed by atoms with Crippen molar-refractivity contribution in [2.24, 2.45) is 0 Å². The number of aliphatic hydroxyl groups excluding tert-OH is 1. The predicted molar refractivity (Wildman–Crippen MR) is 102 cm³/mol. The normalized spacial score (nSPS) is 16.8. The Morgan fingerprint density at radius 1 is 1.39 bits per heavy atom. The fourth-order valence-corrected chi connectivity index (χ4v) is 3.58. The van der Waals surface area contributed by atoms with Crippen LogP contribution in [-0.4, -0.2) is 31.9 Å². The van der Waals surface area contributed by atoms with E-state index in [9.17, 15) is 0 Å². The lowest BCUT2D eigenvalue weighted by Crippen LogP contribution is -2.22. The second kappa shape index (κ2) is 13.5. The van der Waals surface area contributed by atoms with Gasteiger partial charge < -0.3 is 15.2 Å². The summed E-state index contributed by atoms with van der Waals surface area (Å²) < 4.78 is 5.33. The molecule has 0 saturated carbocycles. The second-order valence-corrected chi connectivity index (χ2v) is 6.01. The Hall–Kier alpha value is -0.970. The molecule has 3 nitrogen and oxygen atoms in total. The number of allylic oxidation sites excluding steroid dienone is 1. The molecule has 1 unspecified atom stereocenters. The third-order valence-corrected chi connectivity index (χ3v) is 4.78. The number of benzene rings is 1.